The lowest BCUT2D eigenvalue weighted by molar-refractivity contribution is 0.0959. The van der Waals surface area contributed by atoms with Crippen molar-refractivity contribution < 1.29 is 18.0 Å². The van der Waals surface area contributed by atoms with Gasteiger partial charge in [0.15, 0.2) is 0 Å². The average molecular weight is 450 g/mol. The first kappa shape index (κ1) is 22.8. The van der Waals surface area contributed by atoms with Crippen LogP contribution in [0.15, 0.2) is 90.3 Å². The molecule has 3 N–H and O–H groups in total. The van der Waals surface area contributed by atoms with Crippen molar-refractivity contribution in [3.63, 3.8) is 0 Å². The molecule has 0 bridgehead atoms. The molecule has 3 aromatic carbocycles. The lowest BCUT2D eigenvalue weighted by Gasteiger charge is -2.13. The van der Waals surface area contributed by atoms with Gasteiger partial charge in [-0.3, -0.25) is 14.3 Å². The van der Waals surface area contributed by atoms with Crippen molar-refractivity contribution in [2.24, 2.45) is 0 Å². The van der Waals surface area contributed by atoms with Crippen LogP contribution in [0.2, 0.25) is 0 Å². The molecule has 0 aliphatic rings. The van der Waals surface area contributed by atoms with Crippen LogP contribution in [0.25, 0.3) is 0 Å². The molecule has 0 aromatic heterocycles. The van der Waals surface area contributed by atoms with E-state index >= 15 is 0 Å². The molecule has 164 valence electrons. The molecule has 0 saturated heterocycles. The summed E-state index contributed by atoms with van der Waals surface area (Å²) >= 11 is 0. The molecule has 3 rings (SSSR count). The molecule has 0 fully saturated rings. The number of sulfonamides is 1. The maximum absolute atomic E-state index is 12.9. The van der Waals surface area contributed by atoms with E-state index in [-0.39, 0.29) is 28.5 Å². The van der Waals surface area contributed by atoms with Crippen LogP contribution in [0.4, 0.5) is 11.4 Å². The highest BCUT2D eigenvalue weighted by atomic mass is 32.2. The second-order valence-electron chi connectivity index (χ2n) is 6.95. The fourth-order valence-corrected chi connectivity index (χ4v) is 4.32. The molecule has 7 nitrogen and oxygen atoms in total. The van der Waals surface area contributed by atoms with Crippen molar-refractivity contribution in [1.29, 1.82) is 0 Å². The highest BCUT2D eigenvalue weighted by molar-refractivity contribution is 7.92. The number of benzene rings is 3. The van der Waals surface area contributed by atoms with E-state index in [4.69, 9.17) is 0 Å². The predicted molar refractivity (Wildman–Crippen MR) is 125 cm³/mol. The summed E-state index contributed by atoms with van der Waals surface area (Å²) in [4.78, 5) is 25.2. The minimum atomic E-state index is -3.91. The highest BCUT2D eigenvalue weighted by Crippen LogP contribution is 2.22. The van der Waals surface area contributed by atoms with Gasteiger partial charge in [0.05, 0.1) is 16.1 Å². The summed E-state index contributed by atoms with van der Waals surface area (Å²) in [6, 6.07) is 19.5. The zero-order valence-electron chi connectivity index (χ0n) is 17.5. The first-order valence-corrected chi connectivity index (χ1v) is 11.3. The molecule has 0 unspecified atom stereocenters. The van der Waals surface area contributed by atoms with Crippen LogP contribution in [0, 0.1) is 6.92 Å². The Morgan fingerprint density at radius 1 is 0.938 bits per heavy atom. The number of carbonyl (C=O) groups excluding carboxylic acids is 2. The predicted octanol–water partition coefficient (Wildman–Crippen LogP) is 3.96. The third kappa shape index (κ3) is 5.41. The monoisotopic (exact) mass is 449 g/mol. The number of aryl methyl sites for hydroxylation is 1. The molecule has 0 heterocycles. The van der Waals surface area contributed by atoms with Gasteiger partial charge in [0.25, 0.3) is 21.8 Å². The van der Waals surface area contributed by atoms with Crippen molar-refractivity contribution in [2.45, 2.75) is 11.8 Å². The fraction of sp³-hybridized carbons (Fsp3) is 0.0833. The molecule has 2 amide bonds. The summed E-state index contributed by atoms with van der Waals surface area (Å²) in [5.41, 5.74) is 1.65. The average Bonchev–Trinajstić information content (AvgIpc) is 2.78. The van der Waals surface area contributed by atoms with E-state index in [0.717, 1.165) is 0 Å². The number of amides is 2. The summed E-state index contributed by atoms with van der Waals surface area (Å²) in [6.07, 6.45) is 1.55. The Bertz CT molecular complexity index is 1260. The van der Waals surface area contributed by atoms with Gasteiger partial charge in [0.1, 0.15) is 0 Å². The number of nitrogens with one attached hydrogen (secondary N) is 3. The van der Waals surface area contributed by atoms with Gasteiger partial charge in [-0.1, -0.05) is 42.5 Å². The number of anilines is 2. The van der Waals surface area contributed by atoms with Gasteiger partial charge in [-0.25, -0.2) is 8.42 Å². The Kier molecular flexibility index (Phi) is 7.07. The summed E-state index contributed by atoms with van der Waals surface area (Å²) in [5, 5.41) is 5.36. The van der Waals surface area contributed by atoms with Crippen molar-refractivity contribution in [3.05, 3.63) is 102 Å². The van der Waals surface area contributed by atoms with Gasteiger partial charge >= 0.3 is 0 Å². The van der Waals surface area contributed by atoms with E-state index in [1.807, 2.05) is 0 Å². The lowest BCUT2D eigenvalue weighted by atomic mass is 10.1. The maximum Gasteiger partial charge on any atom is 0.262 e. The molecule has 0 aliphatic carbocycles. The largest absolute Gasteiger partial charge is 0.349 e. The number of carbonyl (C=O) groups is 2. The molecule has 0 saturated carbocycles. The van der Waals surface area contributed by atoms with Crippen LogP contribution in [0.3, 0.4) is 0 Å². The van der Waals surface area contributed by atoms with E-state index in [1.165, 1.54) is 12.1 Å². The molecule has 32 heavy (non-hydrogen) atoms. The molecular weight excluding hydrogens is 426 g/mol. The van der Waals surface area contributed by atoms with Gasteiger partial charge in [-0.05, 0) is 48.9 Å². The van der Waals surface area contributed by atoms with Crippen LogP contribution in [-0.2, 0) is 10.0 Å². The molecular formula is C24H23N3O4S. The molecule has 0 radical (unpaired) electrons. The zero-order chi connectivity index (χ0) is 23.1. The van der Waals surface area contributed by atoms with E-state index < -0.39 is 15.9 Å². The summed E-state index contributed by atoms with van der Waals surface area (Å²) < 4.78 is 28.3. The maximum atomic E-state index is 12.9. The molecule has 8 heteroatoms. The molecule has 0 atom stereocenters. The van der Waals surface area contributed by atoms with E-state index in [1.54, 1.807) is 73.7 Å². The number of rotatable bonds is 8. The number of hydrogen-bond donors (Lipinski definition) is 3. The lowest BCUT2D eigenvalue weighted by Crippen LogP contribution is -2.25. The minimum Gasteiger partial charge on any atom is -0.349 e. The summed E-state index contributed by atoms with van der Waals surface area (Å²) in [5.74, 6) is -0.898. The first-order chi connectivity index (χ1) is 15.3. The summed E-state index contributed by atoms with van der Waals surface area (Å²) in [6.45, 7) is 5.50. The van der Waals surface area contributed by atoms with Gasteiger partial charge in [0.2, 0.25) is 0 Å². The fourth-order valence-electron chi connectivity index (χ4n) is 2.99. The second-order valence-corrected chi connectivity index (χ2v) is 8.60. The van der Waals surface area contributed by atoms with Crippen LogP contribution in [0.1, 0.15) is 26.3 Å². The van der Waals surface area contributed by atoms with E-state index in [0.29, 0.717) is 16.9 Å². The van der Waals surface area contributed by atoms with Gasteiger partial charge in [-0.2, -0.15) is 0 Å². The zero-order valence-corrected chi connectivity index (χ0v) is 18.3. The van der Waals surface area contributed by atoms with Crippen molar-refractivity contribution in [2.75, 3.05) is 16.6 Å². The quantitative estimate of drug-likeness (QED) is 0.453. The highest BCUT2D eigenvalue weighted by Gasteiger charge is 2.20. The minimum absolute atomic E-state index is 0.00832. The molecule has 0 spiro atoms. The smallest absolute Gasteiger partial charge is 0.262 e. The van der Waals surface area contributed by atoms with E-state index in [2.05, 4.69) is 21.9 Å². The van der Waals surface area contributed by atoms with Gasteiger partial charge in [0, 0.05) is 17.8 Å². The topological polar surface area (TPSA) is 104 Å². The van der Waals surface area contributed by atoms with Crippen LogP contribution in [-0.4, -0.2) is 26.8 Å². The molecule has 0 aliphatic heterocycles. The Morgan fingerprint density at radius 2 is 1.62 bits per heavy atom. The first-order valence-electron chi connectivity index (χ1n) is 9.80. The number of hydrogen-bond acceptors (Lipinski definition) is 4. The standard InChI is InChI=1S/C24H23N3O4S/c1-3-15-25-24(29)20-11-7-8-12-21(20)26-23(28)18-14-13-17(2)22(16-18)32(30,31)27-19-9-5-4-6-10-19/h3-14,16,27H,1,15H2,2H3,(H,25,29)(H,26,28). The third-order valence-electron chi connectivity index (χ3n) is 4.59. The Balaban J connectivity index is 1.87. The second kappa shape index (κ2) is 9.93. The van der Waals surface area contributed by atoms with Gasteiger partial charge < -0.3 is 10.6 Å². The Morgan fingerprint density at radius 3 is 2.34 bits per heavy atom. The van der Waals surface area contributed by atoms with Crippen molar-refractivity contribution >= 4 is 33.2 Å². The SMILES string of the molecule is C=CCNC(=O)c1ccccc1NC(=O)c1ccc(C)c(S(=O)(=O)Nc2ccccc2)c1. The van der Waals surface area contributed by atoms with Crippen LogP contribution in [0.5, 0.6) is 0 Å². The van der Waals surface area contributed by atoms with Crippen molar-refractivity contribution in [1.82, 2.24) is 5.32 Å². The third-order valence-corrected chi connectivity index (χ3v) is 6.12. The van der Waals surface area contributed by atoms with Crippen LogP contribution >= 0.6 is 0 Å². The Hall–Kier alpha value is -3.91. The van der Waals surface area contributed by atoms with E-state index in [9.17, 15) is 18.0 Å². The molecule has 3 aromatic rings. The Labute approximate surface area is 187 Å². The van der Waals surface area contributed by atoms with Crippen molar-refractivity contribution in [3.8, 4) is 0 Å². The van der Waals surface area contributed by atoms with Gasteiger partial charge in [-0.15, -0.1) is 6.58 Å². The number of para-hydroxylation sites is 2. The normalized spacial score (nSPS) is 10.8. The summed E-state index contributed by atoms with van der Waals surface area (Å²) in [7, 11) is -3.91. The van der Waals surface area contributed by atoms with Crippen LogP contribution < -0.4 is 15.4 Å².